The number of hydrogen-bond donors (Lipinski definition) is 0. The minimum atomic E-state index is -2.11. The standard InChI is InChI=1S/C2F3.CH3.Hg/c3-1-2(4)5;;/h;1H3;. The molecular formula is C3H3F3Hg. The summed E-state index contributed by atoms with van der Waals surface area (Å²) in [5, 5.41) is 0. The first-order valence-electron chi connectivity index (χ1n) is 1.88. The van der Waals surface area contributed by atoms with Gasteiger partial charge in [0.05, 0.1) is 0 Å². The maximum absolute atomic E-state index is 11.5. The fourth-order valence-electron chi connectivity index (χ4n) is 0.134. The molecule has 0 amide bonds. The van der Waals surface area contributed by atoms with Crippen molar-refractivity contribution in [1.29, 1.82) is 0 Å². The van der Waals surface area contributed by atoms with Gasteiger partial charge in [-0.1, -0.05) is 0 Å². The quantitative estimate of drug-likeness (QED) is 0.651. The molecule has 0 N–H and O–H groups in total. The molecule has 0 aromatic carbocycles. The second kappa shape index (κ2) is 3.46. The average Bonchev–Trinajstić information content (AvgIpc) is 1.65. The van der Waals surface area contributed by atoms with Crippen molar-refractivity contribution in [2.45, 2.75) is 4.43 Å². The van der Waals surface area contributed by atoms with Gasteiger partial charge in [-0.15, -0.1) is 0 Å². The first-order valence-corrected chi connectivity index (χ1v) is 10.1. The molecule has 38 valence electrons. The van der Waals surface area contributed by atoms with E-state index in [9.17, 15) is 13.2 Å². The van der Waals surface area contributed by atoms with Crippen LogP contribution in [0.2, 0.25) is 4.43 Å². The van der Waals surface area contributed by atoms with Crippen LogP contribution in [-0.4, -0.2) is 0 Å². The number of halogens is 3. The summed E-state index contributed by atoms with van der Waals surface area (Å²) in [6.07, 6.45) is -2.11. The van der Waals surface area contributed by atoms with Crippen molar-refractivity contribution in [3.8, 4) is 0 Å². The molecule has 0 rings (SSSR count). The van der Waals surface area contributed by atoms with E-state index in [2.05, 4.69) is 0 Å². The van der Waals surface area contributed by atoms with Crippen LogP contribution in [0.1, 0.15) is 0 Å². The van der Waals surface area contributed by atoms with Crippen LogP contribution in [0.5, 0.6) is 0 Å². The summed E-state index contributed by atoms with van der Waals surface area (Å²) in [7, 11) is 0. The van der Waals surface area contributed by atoms with E-state index >= 15 is 0 Å². The van der Waals surface area contributed by atoms with E-state index < -0.39 is 34.0 Å². The van der Waals surface area contributed by atoms with Crippen LogP contribution in [-0.2, 0) is 24.6 Å². The van der Waals surface area contributed by atoms with E-state index in [4.69, 9.17) is 0 Å². The van der Waals surface area contributed by atoms with E-state index in [0.717, 1.165) is 0 Å². The Morgan fingerprint density at radius 3 is 1.71 bits per heavy atom. The second-order valence-corrected chi connectivity index (χ2v) is 6.18. The zero-order chi connectivity index (χ0) is 5.86. The summed E-state index contributed by atoms with van der Waals surface area (Å²) in [4.78, 5) is 0. The molecule has 0 nitrogen and oxygen atoms in total. The Hall–Kier alpha value is 0.465. The number of hydrogen-bond acceptors (Lipinski definition) is 0. The molecule has 0 spiro atoms. The van der Waals surface area contributed by atoms with Crippen molar-refractivity contribution < 1.29 is 37.7 Å². The Morgan fingerprint density at radius 1 is 1.29 bits per heavy atom. The van der Waals surface area contributed by atoms with E-state index in [1.54, 1.807) is 4.43 Å². The molecule has 0 aromatic rings. The summed E-state index contributed by atoms with van der Waals surface area (Å²) in [6.45, 7) is 0. The van der Waals surface area contributed by atoms with E-state index in [1.165, 1.54) is 0 Å². The molecule has 0 radical (unpaired) electrons. The molecule has 0 aliphatic rings. The van der Waals surface area contributed by atoms with Crippen LogP contribution < -0.4 is 0 Å². The first kappa shape index (κ1) is 7.47. The normalized spacial score (nSPS) is 7.43. The van der Waals surface area contributed by atoms with Gasteiger partial charge in [-0.3, -0.25) is 0 Å². The molecule has 0 fully saturated rings. The van der Waals surface area contributed by atoms with Gasteiger partial charge >= 0.3 is 51.6 Å². The van der Waals surface area contributed by atoms with Gasteiger partial charge in [0, 0.05) is 0 Å². The molecule has 0 heterocycles. The van der Waals surface area contributed by atoms with E-state index in [1.807, 2.05) is 0 Å². The third-order valence-corrected chi connectivity index (χ3v) is 3.97. The van der Waals surface area contributed by atoms with Crippen molar-refractivity contribution in [2.24, 2.45) is 0 Å². The molecule has 0 aliphatic heterocycles. The van der Waals surface area contributed by atoms with Crippen LogP contribution in [0.4, 0.5) is 13.2 Å². The van der Waals surface area contributed by atoms with Crippen molar-refractivity contribution in [1.82, 2.24) is 0 Å². The molecule has 0 bridgehead atoms. The maximum atomic E-state index is 11.5. The van der Waals surface area contributed by atoms with Gasteiger partial charge in [-0.25, -0.2) is 0 Å². The molecular weight excluding hydrogens is 294 g/mol. The van der Waals surface area contributed by atoms with E-state index in [0.29, 0.717) is 0 Å². The van der Waals surface area contributed by atoms with Gasteiger partial charge in [0.1, 0.15) is 0 Å². The summed E-state index contributed by atoms with van der Waals surface area (Å²) < 4.78 is 33.9. The molecule has 0 unspecified atom stereocenters. The van der Waals surface area contributed by atoms with Crippen molar-refractivity contribution in [3.63, 3.8) is 0 Å². The zero-order valence-electron chi connectivity index (χ0n) is 3.84. The Kier molecular flexibility index (Phi) is 3.70. The summed E-state index contributed by atoms with van der Waals surface area (Å²) in [5.41, 5.74) is 0. The van der Waals surface area contributed by atoms with Crippen molar-refractivity contribution in [2.75, 3.05) is 0 Å². The van der Waals surface area contributed by atoms with Gasteiger partial charge in [-0.05, 0) is 0 Å². The molecule has 0 aromatic heterocycles. The molecule has 7 heavy (non-hydrogen) atoms. The van der Waals surface area contributed by atoms with Gasteiger partial charge in [-0.2, -0.15) is 0 Å². The molecule has 0 atom stereocenters. The minimum absolute atomic E-state index is 1.10. The molecule has 4 heteroatoms. The summed E-state index contributed by atoms with van der Waals surface area (Å²) in [5.74, 6) is 0. The zero-order valence-corrected chi connectivity index (χ0v) is 9.34. The van der Waals surface area contributed by atoms with Gasteiger partial charge in [0.25, 0.3) is 0 Å². The summed E-state index contributed by atoms with van der Waals surface area (Å²) >= 11 is -1.86. The van der Waals surface area contributed by atoms with Gasteiger partial charge in [0.15, 0.2) is 0 Å². The van der Waals surface area contributed by atoms with Crippen molar-refractivity contribution >= 4 is 0 Å². The fraction of sp³-hybridized carbons (Fsp3) is 0.333. The summed E-state index contributed by atoms with van der Waals surface area (Å²) in [6, 6.07) is 0. The average molecular weight is 297 g/mol. The van der Waals surface area contributed by atoms with E-state index in [-0.39, 0.29) is 0 Å². The van der Waals surface area contributed by atoms with Crippen LogP contribution in [0.15, 0.2) is 9.42 Å². The Balaban J connectivity index is 3.72. The second-order valence-electron chi connectivity index (χ2n) is 1.02. The van der Waals surface area contributed by atoms with Crippen LogP contribution in [0.25, 0.3) is 0 Å². The van der Waals surface area contributed by atoms with Crippen molar-refractivity contribution in [3.05, 3.63) is 9.42 Å². The molecule has 0 saturated heterocycles. The van der Waals surface area contributed by atoms with Gasteiger partial charge in [0.2, 0.25) is 0 Å². The van der Waals surface area contributed by atoms with Crippen LogP contribution in [0, 0.1) is 0 Å². The Labute approximate surface area is 51.8 Å². The third-order valence-electron chi connectivity index (χ3n) is 0.515. The Bertz CT molecular complexity index is 84.2. The SMILES string of the molecule is [CH3][Hg][C](F)=C(F)F. The third kappa shape index (κ3) is 3.08. The van der Waals surface area contributed by atoms with Gasteiger partial charge < -0.3 is 0 Å². The fourth-order valence-corrected chi connectivity index (χ4v) is 1.17. The molecule has 0 aliphatic carbocycles. The molecule has 0 saturated carbocycles. The Morgan fingerprint density at radius 2 is 1.71 bits per heavy atom. The monoisotopic (exact) mass is 298 g/mol. The topological polar surface area (TPSA) is 0 Å². The predicted octanol–water partition coefficient (Wildman–Crippen LogP) is 2.15. The van der Waals surface area contributed by atoms with Crippen LogP contribution >= 0.6 is 0 Å². The predicted molar refractivity (Wildman–Crippen MR) is 16.2 cm³/mol. The number of rotatable bonds is 1. The first-order chi connectivity index (χ1) is 3.18. The van der Waals surface area contributed by atoms with Crippen LogP contribution in [0.3, 0.4) is 0 Å².